The van der Waals surface area contributed by atoms with Gasteiger partial charge in [-0.3, -0.25) is 0 Å². The number of benzene rings is 10. The summed E-state index contributed by atoms with van der Waals surface area (Å²) in [6.45, 7) is 4.84. The molecule has 248 valence electrons. The molecule has 0 N–H and O–H groups in total. The van der Waals surface area contributed by atoms with Crippen molar-refractivity contribution < 1.29 is 0 Å². The highest BCUT2D eigenvalue weighted by molar-refractivity contribution is 6.23. The van der Waals surface area contributed by atoms with E-state index in [0.29, 0.717) is 0 Å². The van der Waals surface area contributed by atoms with E-state index in [-0.39, 0.29) is 5.41 Å². The number of fused-ring (bicyclic) bond motifs is 11. The number of hydrogen-bond acceptors (Lipinski definition) is 0. The zero-order valence-corrected chi connectivity index (χ0v) is 29.8. The third-order valence-electron chi connectivity index (χ3n) is 12.0. The van der Waals surface area contributed by atoms with Crippen LogP contribution < -0.4 is 0 Å². The van der Waals surface area contributed by atoms with Crippen molar-refractivity contribution in [2.75, 3.05) is 0 Å². The van der Waals surface area contributed by atoms with E-state index in [1.54, 1.807) is 0 Å². The first kappa shape index (κ1) is 30.2. The van der Waals surface area contributed by atoms with E-state index in [1.807, 2.05) is 0 Å². The van der Waals surface area contributed by atoms with Crippen molar-refractivity contribution in [2.24, 2.45) is 0 Å². The summed E-state index contributed by atoms with van der Waals surface area (Å²) < 4.78 is 0. The lowest BCUT2D eigenvalue weighted by atomic mass is 9.79. The van der Waals surface area contributed by atoms with E-state index in [0.717, 1.165) is 0 Å². The van der Waals surface area contributed by atoms with Crippen molar-refractivity contribution in [3.63, 3.8) is 0 Å². The predicted molar refractivity (Wildman–Crippen MR) is 228 cm³/mol. The van der Waals surface area contributed by atoms with Gasteiger partial charge in [0, 0.05) is 5.41 Å². The van der Waals surface area contributed by atoms with Crippen LogP contribution in [0.4, 0.5) is 0 Å². The van der Waals surface area contributed by atoms with Crippen LogP contribution in [0.2, 0.25) is 0 Å². The Labute approximate surface area is 309 Å². The van der Waals surface area contributed by atoms with Crippen LogP contribution in [0.5, 0.6) is 0 Å². The third kappa shape index (κ3) is 4.30. The van der Waals surface area contributed by atoms with Crippen LogP contribution >= 0.6 is 0 Å². The fourth-order valence-corrected chi connectivity index (χ4v) is 9.68. The summed E-state index contributed by atoms with van der Waals surface area (Å²) in [5, 5.41) is 13.0. The average molecular weight is 673 g/mol. The zero-order valence-electron chi connectivity index (χ0n) is 29.8. The van der Waals surface area contributed by atoms with Gasteiger partial charge in [-0.05, 0) is 128 Å². The van der Waals surface area contributed by atoms with Crippen LogP contribution in [-0.4, -0.2) is 0 Å². The fourth-order valence-electron chi connectivity index (χ4n) is 9.68. The summed E-state index contributed by atoms with van der Waals surface area (Å²) in [5.41, 5.74) is 13.0. The van der Waals surface area contributed by atoms with Crippen molar-refractivity contribution in [1.82, 2.24) is 0 Å². The van der Waals surface area contributed by atoms with Gasteiger partial charge < -0.3 is 0 Å². The second kappa shape index (κ2) is 11.2. The molecule has 0 heterocycles. The van der Waals surface area contributed by atoms with E-state index in [2.05, 4.69) is 196 Å². The normalized spacial score (nSPS) is 13.2. The highest BCUT2D eigenvalue weighted by atomic mass is 14.4. The molecule has 0 saturated carbocycles. The molecule has 0 aromatic heterocycles. The van der Waals surface area contributed by atoms with Gasteiger partial charge >= 0.3 is 0 Å². The summed E-state index contributed by atoms with van der Waals surface area (Å²) in [5.74, 6) is 0. The van der Waals surface area contributed by atoms with Gasteiger partial charge in [-0.15, -0.1) is 0 Å². The smallest absolute Gasteiger partial charge is 0.0165 e. The van der Waals surface area contributed by atoms with Gasteiger partial charge in [0.25, 0.3) is 0 Å². The third-order valence-corrected chi connectivity index (χ3v) is 12.0. The SMILES string of the molecule is CC1(C)c2cc3cc(-c4c5ccccc5c(-c5ccccc5-c5ccccc5)c5ccccc45)ccc3cc2-c2c1c1ccccc1c1ccccc21. The minimum absolute atomic E-state index is 0.147. The molecule has 0 atom stereocenters. The van der Waals surface area contributed by atoms with E-state index >= 15 is 0 Å². The molecule has 10 aromatic rings. The van der Waals surface area contributed by atoms with Crippen LogP contribution in [0.25, 0.3) is 98.4 Å². The van der Waals surface area contributed by atoms with Gasteiger partial charge in [-0.2, -0.15) is 0 Å². The maximum absolute atomic E-state index is 2.49. The Morgan fingerprint density at radius 2 is 0.792 bits per heavy atom. The quantitative estimate of drug-likeness (QED) is 0.129. The van der Waals surface area contributed by atoms with Crippen molar-refractivity contribution in [2.45, 2.75) is 19.3 Å². The second-order valence-electron chi connectivity index (χ2n) is 15.2. The molecule has 1 aliphatic carbocycles. The Morgan fingerprint density at radius 1 is 0.302 bits per heavy atom. The summed E-state index contributed by atoms with van der Waals surface area (Å²) in [7, 11) is 0. The van der Waals surface area contributed by atoms with Crippen molar-refractivity contribution in [1.29, 1.82) is 0 Å². The molecule has 0 radical (unpaired) electrons. The zero-order chi connectivity index (χ0) is 35.3. The van der Waals surface area contributed by atoms with Crippen LogP contribution in [0.3, 0.4) is 0 Å². The topological polar surface area (TPSA) is 0 Å². The monoisotopic (exact) mass is 672 g/mol. The molecule has 0 bridgehead atoms. The predicted octanol–water partition coefficient (Wildman–Crippen LogP) is 14.8. The van der Waals surface area contributed by atoms with Gasteiger partial charge in [-0.1, -0.05) is 178 Å². The average Bonchev–Trinajstić information content (AvgIpc) is 3.45. The Kier molecular flexibility index (Phi) is 6.40. The highest BCUT2D eigenvalue weighted by Crippen LogP contribution is 2.55. The first-order valence-electron chi connectivity index (χ1n) is 18.7. The molecular weight excluding hydrogens is 637 g/mol. The molecule has 0 heteroatoms. The van der Waals surface area contributed by atoms with Crippen molar-refractivity contribution in [3.05, 3.63) is 193 Å². The lowest BCUT2D eigenvalue weighted by Crippen LogP contribution is -2.15. The first-order valence-corrected chi connectivity index (χ1v) is 18.7. The first-order chi connectivity index (χ1) is 26.1. The molecule has 1 aliphatic rings. The van der Waals surface area contributed by atoms with Crippen LogP contribution in [0, 0.1) is 0 Å². The molecule has 0 aliphatic heterocycles. The van der Waals surface area contributed by atoms with Crippen molar-refractivity contribution >= 4 is 53.9 Å². The van der Waals surface area contributed by atoms with Crippen LogP contribution in [0.15, 0.2) is 182 Å². The van der Waals surface area contributed by atoms with Gasteiger partial charge in [0.05, 0.1) is 0 Å². The molecule has 0 amide bonds. The second-order valence-corrected chi connectivity index (χ2v) is 15.2. The molecule has 0 spiro atoms. The van der Waals surface area contributed by atoms with E-state index in [4.69, 9.17) is 0 Å². The molecule has 0 unspecified atom stereocenters. The van der Waals surface area contributed by atoms with Crippen LogP contribution in [0.1, 0.15) is 25.0 Å². The lowest BCUT2D eigenvalue weighted by molar-refractivity contribution is 0.667. The minimum Gasteiger partial charge on any atom is -0.0622 e. The standard InChI is InChI=1S/C53H36/c1-53(2)48-32-36-30-35(29-28-34(36)31-47(48)51-41-22-10-7-19-38(41)39-20-8-15-27-46(39)52(51)53)49-42-23-11-13-25-44(42)50(45-26-14-12-24-43(45)49)40-21-9-6-18-37(40)33-16-4-3-5-17-33/h3-32H,1-2H3. The summed E-state index contributed by atoms with van der Waals surface area (Å²) in [6, 6.07) is 67.7. The van der Waals surface area contributed by atoms with E-state index in [9.17, 15) is 0 Å². The summed E-state index contributed by atoms with van der Waals surface area (Å²) >= 11 is 0. The largest absolute Gasteiger partial charge is 0.0622 e. The van der Waals surface area contributed by atoms with Gasteiger partial charge in [0.1, 0.15) is 0 Å². The maximum Gasteiger partial charge on any atom is 0.0165 e. The summed E-state index contributed by atoms with van der Waals surface area (Å²) in [4.78, 5) is 0. The molecule has 53 heavy (non-hydrogen) atoms. The summed E-state index contributed by atoms with van der Waals surface area (Å²) in [6.07, 6.45) is 0. The molecule has 10 aromatic carbocycles. The lowest BCUT2D eigenvalue weighted by Gasteiger charge is -2.24. The fraction of sp³-hybridized carbons (Fsp3) is 0.0566. The molecule has 0 fully saturated rings. The number of hydrogen-bond donors (Lipinski definition) is 0. The molecule has 0 nitrogen and oxygen atoms in total. The number of rotatable bonds is 3. The van der Waals surface area contributed by atoms with E-state index < -0.39 is 0 Å². The van der Waals surface area contributed by atoms with Crippen molar-refractivity contribution in [3.8, 4) is 44.5 Å². The Hall–Kier alpha value is -6.50. The van der Waals surface area contributed by atoms with Crippen LogP contribution in [-0.2, 0) is 5.41 Å². The molecule has 0 saturated heterocycles. The van der Waals surface area contributed by atoms with E-state index in [1.165, 1.54) is 109 Å². The molecule has 11 rings (SSSR count). The Bertz CT molecular complexity index is 3070. The maximum atomic E-state index is 2.49. The Balaban J connectivity index is 1.16. The highest BCUT2D eigenvalue weighted by Gasteiger charge is 2.38. The molecular formula is C53H36. The van der Waals surface area contributed by atoms with Gasteiger partial charge in [0.15, 0.2) is 0 Å². The van der Waals surface area contributed by atoms with Gasteiger partial charge in [-0.25, -0.2) is 0 Å². The van der Waals surface area contributed by atoms with Gasteiger partial charge in [0.2, 0.25) is 0 Å². The Morgan fingerprint density at radius 3 is 1.43 bits per heavy atom. The minimum atomic E-state index is -0.147.